The number of hydrogen-bond donors (Lipinski definition) is 0. The third-order valence-electron chi connectivity index (χ3n) is 2.24. The summed E-state index contributed by atoms with van der Waals surface area (Å²) >= 11 is 0. The van der Waals surface area contributed by atoms with Gasteiger partial charge < -0.3 is 4.74 Å². The summed E-state index contributed by atoms with van der Waals surface area (Å²) in [5, 5.41) is 0. The normalized spacial score (nSPS) is 10.0. The van der Waals surface area contributed by atoms with E-state index in [0.29, 0.717) is 13.0 Å². The molecule has 0 unspecified atom stereocenters. The van der Waals surface area contributed by atoms with Gasteiger partial charge in [0.1, 0.15) is 5.75 Å². The van der Waals surface area contributed by atoms with Crippen LogP contribution in [0.3, 0.4) is 0 Å². The van der Waals surface area contributed by atoms with Gasteiger partial charge in [0.2, 0.25) is 0 Å². The second kappa shape index (κ2) is 6.23. The number of rotatable bonds is 6. The third kappa shape index (κ3) is 3.74. The maximum absolute atomic E-state index is 11.6. The molecule has 0 heterocycles. The van der Waals surface area contributed by atoms with Crippen LogP contribution in [0, 0.1) is 0 Å². The van der Waals surface area contributed by atoms with Crippen LogP contribution in [0.4, 0.5) is 0 Å². The summed E-state index contributed by atoms with van der Waals surface area (Å²) < 4.78 is 5.31. The van der Waals surface area contributed by atoms with Gasteiger partial charge in [-0.05, 0) is 37.6 Å². The molecule has 1 rings (SSSR count). The Morgan fingerprint density at radius 2 is 1.87 bits per heavy atom. The number of hydrogen-bond acceptors (Lipinski definition) is 2. The highest BCUT2D eigenvalue weighted by molar-refractivity contribution is 5.96. The van der Waals surface area contributed by atoms with E-state index in [1.54, 1.807) is 0 Å². The number of unbranched alkanes of at least 4 members (excludes halogenated alkanes) is 1. The van der Waals surface area contributed by atoms with E-state index in [0.717, 1.165) is 24.2 Å². The molecule has 82 valence electrons. The minimum absolute atomic E-state index is 0.222. The number of carbonyl (C=O) groups excluding carboxylic acids is 1. The maximum Gasteiger partial charge on any atom is 0.162 e. The van der Waals surface area contributed by atoms with E-state index >= 15 is 0 Å². The molecule has 0 aliphatic heterocycles. The summed E-state index contributed by atoms with van der Waals surface area (Å²) in [4.78, 5) is 11.6. The van der Waals surface area contributed by atoms with Crippen LogP contribution in [0.2, 0.25) is 0 Å². The highest BCUT2D eigenvalue weighted by Crippen LogP contribution is 2.14. The Bertz CT molecular complexity index is 301. The molecule has 0 saturated carbocycles. The Morgan fingerprint density at radius 3 is 2.40 bits per heavy atom. The van der Waals surface area contributed by atoms with Gasteiger partial charge >= 0.3 is 0 Å². The Kier molecular flexibility index (Phi) is 4.88. The molecule has 1 aromatic carbocycles. The Hall–Kier alpha value is -1.31. The molecule has 0 amide bonds. The van der Waals surface area contributed by atoms with Crippen LogP contribution in [-0.2, 0) is 0 Å². The van der Waals surface area contributed by atoms with Gasteiger partial charge in [-0.15, -0.1) is 0 Å². The van der Waals surface area contributed by atoms with E-state index < -0.39 is 0 Å². The Balaban J connectivity index is 2.58. The molecule has 0 N–H and O–H groups in total. The molecule has 0 aliphatic carbocycles. The van der Waals surface area contributed by atoms with E-state index in [4.69, 9.17) is 4.74 Å². The molecule has 0 bridgehead atoms. The SMILES string of the molecule is CCCCC(=O)c1ccc(OCC)cc1. The van der Waals surface area contributed by atoms with E-state index in [1.807, 2.05) is 31.2 Å². The predicted molar refractivity (Wildman–Crippen MR) is 61.5 cm³/mol. The number of ketones is 1. The van der Waals surface area contributed by atoms with Crippen molar-refractivity contribution in [2.45, 2.75) is 33.1 Å². The van der Waals surface area contributed by atoms with Gasteiger partial charge in [-0.1, -0.05) is 13.3 Å². The quantitative estimate of drug-likeness (QED) is 0.666. The Labute approximate surface area is 91.3 Å². The molecule has 0 atom stereocenters. The van der Waals surface area contributed by atoms with Gasteiger partial charge in [0.15, 0.2) is 5.78 Å². The van der Waals surface area contributed by atoms with Gasteiger partial charge in [0, 0.05) is 12.0 Å². The first-order chi connectivity index (χ1) is 7.27. The van der Waals surface area contributed by atoms with Crippen LogP contribution in [0.5, 0.6) is 5.75 Å². The molecule has 2 heteroatoms. The highest BCUT2D eigenvalue weighted by atomic mass is 16.5. The summed E-state index contributed by atoms with van der Waals surface area (Å²) in [6.07, 6.45) is 2.67. The monoisotopic (exact) mass is 206 g/mol. The largest absolute Gasteiger partial charge is 0.494 e. The molecule has 0 spiro atoms. The summed E-state index contributed by atoms with van der Waals surface area (Å²) in [5.41, 5.74) is 0.784. The standard InChI is InChI=1S/C13H18O2/c1-3-5-6-13(14)11-7-9-12(10-8-11)15-4-2/h7-10H,3-6H2,1-2H3. The maximum atomic E-state index is 11.6. The first kappa shape index (κ1) is 11.8. The van der Waals surface area contributed by atoms with Crippen LogP contribution < -0.4 is 4.74 Å². The van der Waals surface area contributed by atoms with E-state index in [2.05, 4.69) is 6.92 Å². The lowest BCUT2D eigenvalue weighted by atomic mass is 10.1. The molecular formula is C13H18O2. The highest BCUT2D eigenvalue weighted by Gasteiger charge is 2.04. The van der Waals surface area contributed by atoms with Gasteiger partial charge in [-0.3, -0.25) is 4.79 Å². The first-order valence-electron chi connectivity index (χ1n) is 5.54. The van der Waals surface area contributed by atoms with Crippen molar-refractivity contribution >= 4 is 5.78 Å². The summed E-state index contributed by atoms with van der Waals surface area (Å²) in [7, 11) is 0. The van der Waals surface area contributed by atoms with Crippen molar-refractivity contribution < 1.29 is 9.53 Å². The fourth-order valence-electron chi connectivity index (χ4n) is 1.39. The summed E-state index contributed by atoms with van der Waals surface area (Å²) in [6, 6.07) is 7.37. The molecule has 2 nitrogen and oxygen atoms in total. The first-order valence-corrected chi connectivity index (χ1v) is 5.54. The summed E-state index contributed by atoms with van der Waals surface area (Å²) in [6.45, 7) is 4.69. The average molecular weight is 206 g/mol. The fourth-order valence-corrected chi connectivity index (χ4v) is 1.39. The van der Waals surface area contributed by atoms with E-state index in [1.165, 1.54) is 0 Å². The van der Waals surface area contributed by atoms with Gasteiger partial charge in [-0.2, -0.15) is 0 Å². The molecular weight excluding hydrogens is 188 g/mol. The van der Waals surface area contributed by atoms with E-state index in [-0.39, 0.29) is 5.78 Å². The van der Waals surface area contributed by atoms with Crippen molar-refractivity contribution in [1.82, 2.24) is 0 Å². The van der Waals surface area contributed by atoms with Crippen molar-refractivity contribution in [3.05, 3.63) is 29.8 Å². The number of benzene rings is 1. The topological polar surface area (TPSA) is 26.3 Å². The van der Waals surface area contributed by atoms with Crippen molar-refractivity contribution in [3.63, 3.8) is 0 Å². The minimum Gasteiger partial charge on any atom is -0.494 e. The van der Waals surface area contributed by atoms with Crippen LogP contribution >= 0.6 is 0 Å². The van der Waals surface area contributed by atoms with Crippen molar-refractivity contribution in [2.75, 3.05) is 6.61 Å². The third-order valence-corrected chi connectivity index (χ3v) is 2.24. The van der Waals surface area contributed by atoms with Crippen molar-refractivity contribution in [1.29, 1.82) is 0 Å². The van der Waals surface area contributed by atoms with Gasteiger partial charge in [-0.25, -0.2) is 0 Å². The smallest absolute Gasteiger partial charge is 0.162 e. The van der Waals surface area contributed by atoms with Crippen LogP contribution in [0.1, 0.15) is 43.5 Å². The second-order valence-corrected chi connectivity index (χ2v) is 3.48. The minimum atomic E-state index is 0.222. The van der Waals surface area contributed by atoms with Crippen LogP contribution in [-0.4, -0.2) is 12.4 Å². The molecule has 0 aromatic heterocycles. The zero-order chi connectivity index (χ0) is 11.1. The number of ether oxygens (including phenoxy) is 1. The van der Waals surface area contributed by atoms with E-state index in [9.17, 15) is 4.79 Å². The molecule has 0 fully saturated rings. The van der Waals surface area contributed by atoms with Gasteiger partial charge in [0.05, 0.1) is 6.61 Å². The molecule has 1 aromatic rings. The van der Waals surface area contributed by atoms with Crippen LogP contribution in [0.15, 0.2) is 24.3 Å². The number of carbonyl (C=O) groups is 1. The Morgan fingerprint density at radius 1 is 1.20 bits per heavy atom. The summed E-state index contributed by atoms with van der Waals surface area (Å²) in [5.74, 6) is 1.05. The number of Topliss-reactive ketones (excluding diaryl/α,β-unsaturated/α-hetero) is 1. The zero-order valence-electron chi connectivity index (χ0n) is 9.45. The lowest BCUT2D eigenvalue weighted by molar-refractivity contribution is 0.0980. The lowest BCUT2D eigenvalue weighted by Gasteiger charge is -2.04. The predicted octanol–water partition coefficient (Wildman–Crippen LogP) is 3.46. The molecule has 0 saturated heterocycles. The second-order valence-electron chi connectivity index (χ2n) is 3.48. The molecule has 0 radical (unpaired) electrons. The van der Waals surface area contributed by atoms with Crippen molar-refractivity contribution in [3.8, 4) is 5.75 Å². The fraction of sp³-hybridized carbons (Fsp3) is 0.462. The van der Waals surface area contributed by atoms with Gasteiger partial charge in [0.25, 0.3) is 0 Å². The molecule has 15 heavy (non-hydrogen) atoms. The van der Waals surface area contributed by atoms with Crippen LogP contribution in [0.25, 0.3) is 0 Å². The zero-order valence-corrected chi connectivity index (χ0v) is 9.45. The lowest BCUT2D eigenvalue weighted by Crippen LogP contribution is -1.99. The molecule has 0 aliphatic rings. The average Bonchev–Trinajstić information content (AvgIpc) is 2.27. The van der Waals surface area contributed by atoms with Crippen molar-refractivity contribution in [2.24, 2.45) is 0 Å².